The molecule has 0 fully saturated rings. The highest BCUT2D eigenvalue weighted by atomic mass is 16.5. The number of aliphatic hydroxyl groups is 1. The molecular weight excluding hydrogens is 430 g/mol. The van der Waals surface area contributed by atoms with Crippen LogP contribution in [0, 0.1) is 11.8 Å². The Balaban J connectivity index is 1.38. The van der Waals surface area contributed by atoms with E-state index in [2.05, 4.69) is 26.7 Å². The molecule has 1 N–H and O–H groups in total. The number of nitrogens with zero attached hydrogens (tertiary/aromatic N) is 3. The van der Waals surface area contributed by atoms with Crippen molar-refractivity contribution in [3.05, 3.63) is 95.2 Å². The van der Waals surface area contributed by atoms with Gasteiger partial charge in [0.25, 0.3) is 0 Å². The van der Waals surface area contributed by atoms with E-state index in [0.29, 0.717) is 31.0 Å². The molecule has 4 rings (SSSR count). The third-order valence-corrected chi connectivity index (χ3v) is 5.33. The monoisotopic (exact) mass is 455 g/mol. The number of hydrogen-bond donors (Lipinski definition) is 1. The maximum atomic E-state index is 11.3. The Morgan fingerprint density at radius 1 is 1.12 bits per heavy atom. The number of carbonyl (C=O) groups is 1. The number of aromatic nitrogens is 3. The zero-order valence-corrected chi connectivity index (χ0v) is 19.1. The molecule has 2 heterocycles. The predicted molar refractivity (Wildman–Crippen MR) is 127 cm³/mol. The molecule has 0 aliphatic heterocycles. The first-order chi connectivity index (χ1) is 16.5. The first kappa shape index (κ1) is 23.0. The zero-order valence-electron chi connectivity index (χ0n) is 19.1. The van der Waals surface area contributed by atoms with Crippen LogP contribution < -0.4 is 0 Å². The van der Waals surface area contributed by atoms with E-state index in [-0.39, 0.29) is 5.97 Å². The van der Waals surface area contributed by atoms with Gasteiger partial charge in [-0.3, -0.25) is 4.79 Å². The predicted octanol–water partition coefficient (Wildman–Crippen LogP) is 4.15. The van der Waals surface area contributed by atoms with E-state index >= 15 is 0 Å². The molecule has 7 nitrogen and oxygen atoms in total. The minimum Gasteiger partial charge on any atom is -0.469 e. The molecule has 1 unspecified atom stereocenters. The molecule has 7 heteroatoms. The van der Waals surface area contributed by atoms with Crippen LogP contribution in [0.5, 0.6) is 0 Å². The van der Waals surface area contributed by atoms with Crippen LogP contribution in [-0.4, -0.2) is 32.9 Å². The van der Waals surface area contributed by atoms with Crippen LogP contribution in [0.4, 0.5) is 0 Å². The fourth-order valence-corrected chi connectivity index (χ4v) is 3.48. The van der Waals surface area contributed by atoms with Crippen LogP contribution in [-0.2, 0) is 22.5 Å². The maximum absolute atomic E-state index is 11.3. The highest BCUT2D eigenvalue weighted by Crippen LogP contribution is 2.22. The Bertz CT molecular complexity index is 1310. The minimum absolute atomic E-state index is 0.211. The molecule has 0 aliphatic rings. The minimum atomic E-state index is -0.653. The number of ether oxygens (including phenoxy) is 1. The van der Waals surface area contributed by atoms with Gasteiger partial charge >= 0.3 is 5.97 Å². The summed E-state index contributed by atoms with van der Waals surface area (Å²) in [5, 5.41) is 13.9. The molecule has 4 aromatic rings. The SMILES string of the molecule is COC(=O)CCc1ccc(C#Cc2ccc(-c3cc(Cn4ccnc4C(C)O)no3)cc2)cc1. The van der Waals surface area contributed by atoms with E-state index in [1.54, 1.807) is 19.3 Å². The molecule has 2 aromatic carbocycles. The molecule has 34 heavy (non-hydrogen) atoms. The number of esters is 1. The van der Waals surface area contributed by atoms with E-state index in [0.717, 1.165) is 27.9 Å². The summed E-state index contributed by atoms with van der Waals surface area (Å²) < 4.78 is 12.0. The van der Waals surface area contributed by atoms with Crippen molar-refractivity contribution in [3.63, 3.8) is 0 Å². The van der Waals surface area contributed by atoms with Gasteiger partial charge in [-0.2, -0.15) is 0 Å². The van der Waals surface area contributed by atoms with Gasteiger partial charge in [0.15, 0.2) is 5.76 Å². The molecule has 0 bridgehead atoms. The van der Waals surface area contributed by atoms with E-state index in [9.17, 15) is 9.90 Å². The normalized spacial score (nSPS) is 11.5. The fourth-order valence-electron chi connectivity index (χ4n) is 3.48. The third-order valence-electron chi connectivity index (χ3n) is 5.33. The Morgan fingerprint density at radius 3 is 2.44 bits per heavy atom. The lowest BCUT2D eigenvalue weighted by Gasteiger charge is -2.07. The second kappa shape index (κ2) is 10.6. The van der Waals surface area contributed by atoms with E-state index in [4.69, 9.17) is 4.52 Å². The molecule has 0 radical (unpaired) electrons. The van der Waals surface area contributed by atoms with Crippen molar-refractivity contribution in [3.8, 4) is 23.2 Å². The lowest BCUT2D eigenvalue weighted by Crippen LogP contribution is -2.07. The molecule has 0 saturated carbocycles. The van der Waals surface area contributed by atoms with Gasteiger partial charge in [0, 0.05) is 41.6 Å². The Labute approximate surface area is 198 Å². The second-order valence-corrected chi connectivity index (χ2v) is 7.87. The summed E-state index contributed by atoms with van der Waals surface area (Å²) in [4.78, 5) is 15.4. The fraction of sp³-hybridized carbons (Fsp3) is 0.222. The van der Waals surface area contributed by atoms with Crippen LogP contribution in [0.3, 0.4) is 0 Å². The molecule has 0 aliphatic carbocycles. The quantitative estimate of drug-likeness (QED) is 0.333. The van der Waals surface area contributed by atoms with Crippen molar-refractivity contribution in [2.24, 2.45) is 0 Å². The smallest absolute Gasteiger partial charge is 0.305 e. The van der Waals surface area contributed by atoms with Crippen LogP contribution in [0.1, 0.15) is 47.7 Å². The van der Waals surface area contributed by atoms with Gasteiger partial charge in [-0.15, -0.1) is 0 Å². The average molecular weight is 456 g/mol. The van der Waals surface area contributed by atoms with Crippen molar-refractivity contribution in [1.29, 1.82) is 0 Å². The number of rotatable bonds is 7. The largest absolute Gasteiger partial charge is 0.469 e. The number of methoxy groups -OCH3 is 1. The molecule has 0 spiro atoms. The van der Waals surface area contributed by atoms with Gasteiger partial charge in [-0.25, -0.2) is 4.98 Å². The van der Waals surface area contributed by atoms with Crippen LogP contribution >= 0.6 is 0 Å². The van der Waals surface area contributed by atoms with Crippen molar-refractivity contribution in [2.75, 3.05) is 7.11 Å². The first-order valence-electron chi connectivity index (χ1n) is 10.9. The van der Waals surface area contributed by atoms with Crippen LogP contribution in [0.15, 0.2) is 71.5 Å². The topological polar surface area (TPSA) is 90.4 Å². The van der Waals surface area contributed by atoms with Gasteiger partial charge in [0.1, 0.15) is 17.6 Å². The van der Waals surface area contributed by atoms with Crippen LogP contribution in [0.25, 0.3) is 11.3 Å². The van der Waals surface area contributed by atoms with Crippen LogP contribution in [0.2, 0.25) is 0 Å². The molecule has 172 valence electrons. The molecule has 1 atom stereocenters. The van der Waals surface area contributed by atoms with Crippen molar-refractivity contribution in [1.82, 2.24) is 14.7 Å². The number of aryl methyl sites for hydroxylation is 1. The summed E-state index contributed by atoms with van der Waals surface area (Å²) >= 11 is 0. The summed E-state index contributed by atoms with van der Waals surface area (Å²) in [6.07, 6.45) is 3.82. The lowest BCUT2D eigenvalue weighted by molar-refractivity contribution is -0.140. The van der Waals surface area contributed by atoms with E-state index in [1.807, 2.05) is 59.2 Å². The summed E-state index contributed by atoms with van der Waals surface area (Å²) in [7, 11) is 1.40. The number of aliphatic hydroxyl groups excluding tert-OH is 1. The number of carbonyl (C=O) groups excluding carboxylic acids is 1. The van der Waals surface area contributed by atoms with Gasteiger partial charge in [-0.1, -0.05) is 29.1 Å². The highest BCUT2D eigenvalue weighted by molar-refractivity contribution is 5.69. The first-order valence-corrected chi connectivity index (χ1v) is 10.9. The molecule has 2 aromatic heterocycles. The van der Waals surface area contributed by atoms with Gasteiger partial charge < -0.3 is 18.9 Å². The average Bonchev–Trinajstić information content (AvgIpc) is 3.52. The number of hydrogen-bond acceptors (Lipinski definition) is 6. The Hall–Kier alpha value is -4.15. The summed E-state index contributed by atoms with van der Waals surface area (Å²) in [6.45, 7) is 2.15. The number of imidazole rings is 1. The van der Waals surface area contributed by atoms with Gasteiger partial charge in [0.05, 0.1) is 13.7 Å². The summed E-state index contributed by atoms with van der Waals surface area (Å²) in [6, 6.07) is 17.5. The van der Waals surface area contributed by atoms with Crippen molar-refractivity contribution in [2.45, 2.75) is 32.4 Å². The highest BCUT2D eigenvalue weighted by Gasteiger charge is 2.12. The summed E-state index contributed by atoms with van der Waals surface area (Å²) in [5.41, 5.74) is 4.51. The van der Waals surface area contributed by atoms with Gasteiger partial charge in [0.2, 0.25) is 0 Å². The van der Waals surface area contributed by atoms with Crippen molar-refractivity contribution >= 4 is 5.97 Å². The standard InChI is InChI=1S/C27H25N3O4/c1-19(31)27-28-15-16-30(27)18-24-17-25(34-29-24)23-12-9-22(10-13-23)8-5-20-3-6-21(7-4-20)11-14-26(32)33-2/h3-4,6-7,9-10,12-13,15-17,19,31H,11,14,18H2,1-2H3. The van der Waals surface area contributed by atoms with Crippen molar-refractivity contribution < 1.29 is 19.2 Å². The van der Waals surface area contributed by atoms with E-state index < -0.39 is 6.10 Å². The molecule has 0 saturated heterocycles. The lowest BCUT2D eigenvalue weighted by atomic mass is 10.1. The maximum Gasteiger partial charge on any atom is 0.305 e. The molecule has 0 amide bonds. The van der Waals surface area contributed by atoms with Gasteiger partial charge in [-0.05, 0) is 55.3 Å². The van der Waals surface area contributed by atoms with E-state index in [1.165, 1.54) is 7.11 Å². The molecular formula is C27H25N3O4. The summed E-state index contributed by atoms with van der Waals surface area (Å²) in [5.74, 6) is 7.36. The second-order valence-electron chi connectivity index (χ2n) is 7.87. The Morgan fingerprint density at radius 2 is 1.79 bits per heavy atom. The third kappa shape index (κ3) is 5.80. The number of benzene rings is 2. The zero-order chi connectivity index (χ0) is 23.9. The Kier molecular flexibility index (Phi) is 7.21.